The lowest BCUT2D eigenvalue weighted by molar-refractivity contribution is -0.135. The van der Waals surface area contributed by atoms with Gasteiger partial charge in [-0.15, -0.1) is 0 Å². The number of aliphatic imine (C=N–C) groups is 1. The summed E-state index contributed by atoms with van der Waals surface area (Å²) in [4.78, 5) is 129. The van der Waals surface area contributed by atoms with Crippen molar-refractivity contribution >= 4 is 70.0 Å². The van der Waals surface area contributed by atoms with E-state index in [1.165, 1.54) is 13.8 Å². The highest BCUT2D eigenvalue weighted by Crippen LogP contribution is 2.19. The molecule has 22 nitrogen and oxygen atoms in total. The number of rotatable bonds is 17. The largest absolute Gasteiger partial charge is 0.370 e. The van der Waals surface area contributed by atoms with E-state index in [1.807, 2.05) is 31.2 Å². The van der Waals surface area contributed by atoms with Crippen LogP contribution >= 0.6 is 0 Å². The van der Waals surface area contributed by atoms with Crippen LogP contribution in [0.2, 0.25) is 0 Å². The fourth-order valence-corrected chi connectivity index (χ4v) is 7.52. The molecule has 68 heavy (non-hydrogen) atoms. The summed E-state index contributed by atoms with van der Waals surface area (Å²) in [6, 6.07) is 7.10. The molecule has 0 bridgehead atoms. The van der Waals surface area contributed by atoms with E-state index >= 15 is 0 Å². The average molecular weight is 944 g/mol. The Morgan fingerprint density at radius 1 is 0.794 bits per heavy atom. The summed E-state index contributed by atoms with van der Waals surface area (Å²) in [5.74, 6) is -6.85. The number of amides is 9. The van der Waals surface area contributed by atoms with Gasteiger partial charge < -0.3 is 64.7 Å². The molecule has 3 aromatic rings. The monoisotopic (exact) mass is 944 g/mol. The molecule has 0 aliphatic carbocycles. The number of hydrogen-bond acceptors (Lipinski definition) is 10. The first kappa shape index (κ1) is 53.1. The van der Waals surface area contributed by atoms with Crippen molar-refractivity contribution in [2.24, 2.45) is 22.2 Å². The number of nitrogens with one attached hydrogen (secondary N) is 9. The molecule has 0 spiro atoms. The van der Waals surface area contributed by atoms with Crippen molar-refractivity contribution < 1.29 is 43.2 Å². The Morgan fingerprint density at radius 2 is 1.49 bits per heavy atom. The van der Waals surface area contributed by atoms with Crippen molar-refractivity contribution in [3.8, 4) is 0 Å². The van der Waals surface area contributed by atoms with E-state index in [0.717, 1.165) is 10.9 Å². The molecule has 9 amide bonds. The minimum absolute atomic E-state index is 0.00541. The summed E-state index contributed by atoms with van der Waals surface area (Å²) >= 11 is 0. The van der Waals surface area contributed by atoms with Gasteiger partial charge in [0, 0.05) is 56.4 Å². The summed E-state index contributed by atoms with van der Waals surface area (Å²) in [5, 5.41) is 21.9. The summed E-state index contributed by atoms with van der Waals surface area (Å²) in [7, 11) is 0. The number of hydrogen-bond donors (Lipinski definition) is 12. The first-order valence-electron chi connectivity index (χ1n) is 22.7. The SMILES string of the molecule is CCCC[C@H](NC(C)=O)C(=O)N[C@H]1CCC(=O)NCC[C@@H](C(=O)N[C@@H](Cc2c[nH]c3ccccc23)C(N)=O)NC(=O)C(CCCN=C(N)N)NC(=O)[C@@H](Cc2ccccc2)NC(=O)[C@H](C)NC1=O. The molecule has 22 heteroatoms. The minimum atomic E-state index is -1.42. The van der Waals surface area contributed by atoms with Crippen molar-refractivity contribution in [2.45, 2.75) is 127 Å². The third kappa shape index (κ3) is 17.0. The number of fused-ring (bicyclic) bond motifs is 1. The van der Waals surface area contributed by atoms with Gasteiger partial charge in [-0.1, -0.05) is 68.3 Å². The van der Waals surface area contributed by atoms with Crippen LogP contribution in [0.1, 0.15) is 83.3 Å². The van der Waals surface area contributed by atoms with Gasteiger partial charge in [-0.25, -0.2) is 0 Å². The highest BCUT2D eigenvalue weighted by molar-refractivity contribution is 5.98. The van der Waals surface area contributed by atoms with Crippen molar-refractivity contribution in [2.75, 3.05) is 13.1 Å². The van der Waals surface area contributed by atoms with Crippen LogP contribution in [0.4, 0.5) is 0 Å². The molecule has 1 saturated heterocycles. The lowest BCUT2D eigenvalue weighted by Crippen LogP contribution is -2.60. The van der Waals surface area contributed by atoms with E-state index in [1.54, 1.807) is 36.5 Å². The van der Waals surface area contributed by atoms with Crippen LogP contribution in [-0.4, -0.2) is 119 Å². The van der Waals surface area contributed by atoms with Gasteiger partial charge in [0.15, 0.2) is 5.96 Å². The number of nitrogens with two attached hydrogens (primary N) is 3. The maximum Gasteiger partial charge on any atom is 0.243 e. The minimum Gasteiger partial charge on any atom is -0.370 e. The van der Waals surface area contributed by atoms with Gasteiger partial charge in [0.1, 0.15) is 42.3 Å². The molecule has 0 saturated carbocycles. The van der Waals surface area contributed by atoms with Crippen LogP contribution in [0.25, 0.3) is 10.9 Å². The number of aromatic amines is 1. The quantitative estimate of drug-likeness (QED) is 0.0416. The zero-order chi connectivity index (χ0) is 49.8. The standard InChI is InChI=1S/C46H65N13O9/c1-4-5-15-32(54-27(3)60)42(65)56-34-18-19-38(61)50-22-20-35(44(67)58-36(39(47)62)24-29-25-52-31-16-10-9-14-30(29)31)57-43(66)33(17-11-21-51-46(48)49)55-45(68)37(23-28-12-7-6-8-13-28)59-40(63)26(2)53-41(34)64/h6-10,12-14,16,25-26,32-37,52H,4-5,11,15,17-24H2,1-3H3,(H2,47,62)(H,50,61)(H,53,64)(H,54,60)(H,55,68)(H,56,65)(H,57,66)(H,58,67)(H,59,63)(H4,48,49,51)/t26-,32-,33?,34-,35-,36-,37+/m0/s1. The third-order valence-electron chi connectivity index (χ3n) is 11.2. The second-order valence-electron chi connectivity index (χ2n) is 16.7. The van der Waals surface area contributed by atoms with Crippen molar-refractivity contribution in [3.63, 3.8) is 0 Å². The second-order valence-corrected chi connectivity index (χ2v) is 16.7. The predicted molar refractivity (Wildman–Crippen MR) is 253 cm³/mol. The van der Waals surface area contributed by atoms with Gasteiger partial charge in [-0.3, -0.25) is 48.1 Å². The Balaban J connectivity index is 1.69. The molecule has 1 aliphatic heterocycles. The molecular formula is C46H65N13O9. The fourth-order valence-electron chi connectivity index (χ4n) is 7.52. The number of benzene rings is 2. The van der Waals surface area contributed by atoms with Crippen LogP contribution in [0.5, 0.6) is 0 Å². The summed E-state index contributed by atoms with van der Waals surface area (Å²) in [6.45, 7) is 4.40. The van der Waals surface area contributed by atoms with Crippen LogP contribution in [0, 0.1) is 0 Å². The first-order chi connectivity index (χ1) is 32.4. The molecule has 1 aromatic heterocycles. The van der Waals surface area contributed by atoms with E-state index in [0.29, 0.717) is 24.0 Å². The van der Waals surface area contributed by atoms with E-state index < -0.39 is 95.5 Å². The number of guanidine groups is 1. The van der Waals surface area contributed by atoms with Crippen LogP contribution in [0.3, 0.4) is 0 Å². The maximum absolute atomic E-state index is 14.3. The Labute approximate surface area is 394 Å². The molecule has 0 radical (unpaired) electrons. The Bertz CT molecular complexity index is 2280. The zero-order valence-electron chi connectivity index (χ0n) is 38.7. The molecule has 1 unspecified atom stereocenters. The Kier molecular flexibility index (Phi) is 20.8. The number of unbranched alkanes of at least 4 members (excludes halogenated alkanes) is 1. The van der Waals surface area contributed by atoms with E-state index in [-0.39, 0.29) is 70.4 Å². The number of primary amides is 1. The number of carbonyl (C=O) groups excluding carboxylic acids is 9. The second kappa shape index (κ2) is 26.6. The topological polar surface area (TPSA) is 356 Å². The van der Waals surface area contributed by atoms with Gasteiger partial charge in [-0.05, 0) is 56.2 Å². The highest BCUT2D eigenvalue weighted by Gasteiger charge is 2.34. The number of aromatic nitrogens is 1. The van der Waals surface area contributed by atoms with Gasteiger partial charge in [0.05, 0.1) is 0 Å². The molecule has 368 valence electrons. The number of H-pyrrole nitrogens is 1. The van der Waals surface area contributed by atoms with E-state index in [9.17, 15) is 43.2 Å². The van der Waals surface area contributed by atoms with E-state index in [4.69, 9.17) is 17.2 Å². The first-order valence-corrected chi connectivity index (χ1v) is 22.7. The summed E-state index contributed by atoms with van der Waals surface area (Å²) in [5.41, 5.74) is 18.9. The van der Waals surface area contributed by atoms with Crippen molar-refractivity contribution in [1.82, 2.24) is 47.5 Å². The number of carbonyl (C=O) groups is 9. The normalized spacial score (nSPS) is 20.8. The number of para-hydroxylation sites is 1. The van der Waals surface area contributed by atoms with Crippen LogP contribution in [0.15, 0.2) is 65.8 Å². The van der Waals surface area contributed by atoms with Gasteiger partial charge in [0.2, 0.25) is 53.2 Å². The molecule has 1 aliphatic rings. The average Bonchev–Trinajstić information content (AvgIpc) is 3.71. The van der Waals surface area contributed by atoms with Crippen molar-refractivity contribution in [1.29, 1.82) is 0 Å². The Morgan fingerprint density at radius 3 is 2.18 bits per heavy atom. The summed E-state index contributed by atoms with van der Waals surface area (Å²) in [6.07, 6.45) is 2.53. The smallest absolute Gasteiger partial charge is 0.243 e. The van der Waals surface area contributed by atoms with Crippen LogP contribution in [-0.2, 0) is 56.0 Å². The van der Waals surface area contributed by atoms with Gasteiger partial charge >= 0.3 is 0 Å². The van der Waals surface area contributed by atoms with Crippen molar-refractivity contribution in [3.05, 3.63) is 71.9 Å². The lowest BCUT2D eigenvalue weighted by atomic mass is 10.0. The Hall–Kier alpha value is -7.52. The molecule has 4 rings (SSSR count). The van der Waals surface area contributed by atoms with Gasteiger partial charge in [0.25, 0.3) is 0 Å². The lowest BCUT2D eigenvalue weighted by Gasteiger charge is -2.27. The van der Waals surface area contributed by atoms with E-state index in [2.05, 4.69) is 52.5 Å². The fraction of sp³-hybridized carbons (Fsp3) is 0.478. The third-order valence-corrected chi connectivity index (χ3v) is 11.2. The van der Waals surface area contributed by atoms with Gasteiger partial charge in [-0.2, -0.15) is 0 Å². The number of nitrogens with zero attached hydrogens (tertiary/aromatic N) is 1. The molecule has 15 N–H and O–H groups in total. The zero-order valence-corrected chi connectivity index (χ0v) is 38.7. The highest BCUT2D eigenvalue weighted by atomic mass is 16.2. The summed E-state index contributed by atoms with van der Waals surface area (Å²) < 4.78 is 0. The maximum atomic E-state index is 14.3. The molecule has 1 fully saturated rings. The molecule has 2 aromatic carbocycles. The molecule has 2 heterocycles. The molecule has 7 atom stereocenters. The predicted octanol–water partition coefficient (Wildman–Crippen LogP) is -1.58. The van der Waals surface area contributed by atoms with Crippen LogP contribution < -0.4 is 59.7 Å². The molecular weight excluding hydrogens is 879 g/mol.